The molecule has 0 bridgehead atoms. The zero-order valence-corrected chi connectivity index (χ0v) is 17.0. The van der Waals surface area contributed by atoms with Crippen molar-refractivity contribution in [2.24, 2.45) is 5.73 Å². The third-order valence-corrected chi connectivity index (χ3v) is 4.28. The summed E-state index contributed by atoms with van der Waals surface area (Å²) in [5, 5.41) is 5.21. The predicted octanol–water partition coefficient (Wildman–Crippen LogP) is 2.03. The van der Waals surface area contributed by atoms with E-state index in [1.807, 2.05) is 25.1 Å². The van der Waals surface area contributed by atoms with Crippen LogP contribution in [0.25, 0.3) is 0 Å². The standard InChI is InChI=1S/C22H27N3O4/c1-14(2)18-9-4-15(3)10-19(18)29-13-21(27)24-11-16-5-7-17(8-6-16)22(28)25-12-20(23)26/h4-10,14H,11-13H2,1-3H3,(H2,23,26)(H,24,27)(H,25,28). The third-order valence-electron chi connectivity index (χ3n) is 4.28. The van der Waals surface area contributed by atoms with Gasteiger partial charge in [0.15, 0.2) is 6.61 Å². The fourth-order valence-corrected chi connectivity index (χ4v) is 2.68. The Balaban J connectivity index is 1.84. The van der Waals surface area contributed by atoms with Gasteiger partial charge in [0, 0.05) is 12.1 Å². The first-order valence-electron chi connectivity index (χ1n) is 9.41. The molecule has 0 fully saturated rings. The number of hydrogen-bond donors (Lipinski definition) is 3. The van der Waals surface area contributed by atoms with E-state index < -0.39 is 5.91 Å². The second kappa shape index (κ2) is 10.3. The Morgan fingerprint density at radius 1 is 1.03 bits per heavy atom. The molecule has 2 aromatic carbocycles. The number of primary amides is 1. The molecule has 2 aromatic rings. The second-order valence-electron chi connectivity index (χ2n) is 7.11. The number of hydrogen-bond acceptors (Lipinski definition) is 4. The molecule has 0 aliphatic rings. The summed E-state index contributed by atoms with van der Waals surface area (Å²) in [6.07, 6.45) is 0. The first-order valence-corrected chi connectivity index (χ1v) is 9.41. The van der Waals surface area contributed by atoms with Crippen molar-refractivity contribution in [3.63, 3.8) is 0 Å². The molecule has 0 aromatic heterocycles. The molecule has 2 rings (SSSR count). The van der Waals surface area contributed by atoms with Gasteiger partial charge in [-0.05, 0) is 47.7 Å². The molecule has 4 N–H and O–H groups in total. The monoisotopic (exact) mass is 397 g/mol. The number of nitrogens with one attached hydrogen (secondary N) is 2. The average molecular weight is 397 g/mol. The topological polar surface area (TPSA) is 111 Å². The number of aryl methyl sites for hydroxylation is 1. The van der Waals surface area contributed by atoms with E-state index >= 15 is 0 Å². The average Bonchev–Trinajstić information content (AvgIpc) is 2.69. The molecule has 0 saturated heterocycles. The minimum atomic E-state index is -0.605. The van der Waals surface area contributed by atoms with Gasteiger partial charge >= 0.3 is 0 Å². The van der Waals surface area contributed by atoms with Crippen molar-refractivity contribution < 1.29 is 19.1 Å². The molecule has 0 heterocycles. The van der Waals surface area contributed by atoms with Crippen LogP contribution < -0.4 is 21.1 Å². The second-order valence-corrected chi connectivity index (χ2v) is 7.11. The number of benzene rings is 2. The minimum absolute atomic E-state index is 0.0726. The summed E-state index contributed by atoms with van der Waals surface area (Å²) in [5.74, 6) is -0.198. The van der Waals surface area contributed by atoms with Gasteiger partial charge < -0.3 is 21.1 Å². The Bertz CT molecular complexity index is 876. The highest BCUT2D eigenvalue weighted by Gasteiger charge is 2.11. The van der Waals surface area contributed by atoms with Crippen LogP contribution in [0.1, 0.15) is 46.8 Å². The fourth-order valence-electron chi connectivity index (χ4n) is 2.68. The highest BCUT2D eigenvalue weighted by Crippen LogP contribution is 2.27. The quantitative estimate of drug-likeness (QED) is 0.601. The van der Waals surface area contributed by atoms with E-state index in [0.29, 0.717) is 18.0 Å². The number of carbonyl (C=O) groups is 3. The lowest BCUT2D eigenvalue weighted by molar-refractivity contribution is -0.123. The summed E-state index contributed by atoms with van der Waals surface area (Å²) in [7, 11) is 0. The summed E-state index contributed by atoms with van der Waals surface area (Å²) in [6, 6.07) is 12.7. The van der Waals surface area contributed by atoms with Gasteiger partial charge in [-0.25, -0.2) is 0 Å². The van der Waals surface area contributed by atoms with E-state index in [1.54, 1.807) is 24.3 Å². The van der Waals surface area contributed by atoms with Gasteiger partial charge in [0.1, 0.15) is 5.75 Å². The van der Waals surface area contributed by atoms with Gasteiger partial charge in [0.2, 0.25) is 5.91 Å². The van der Waals surface area contributed by atoms with Crippen LogP contribution in [0.4, 0.5) is 0 Å². The Morgan fingerprint density at radius 2 is 1.72 bits per heavy atom. The maximum Gasteiger partial charge on any atom is 0.258 e. The van der Waals surface area contributed by atoms with E-state index in [-0.39, 0.29) is 25.0 Å². The first kappa shape index (κ1) is 21.9. The van der Waals surface area contributed by atoms with Crippen molar-refractivity contribution in [3.8, 4) is 5.75 Å². The smallest absolute Gasteiger partial charge is 0.258 e. The highest BCUT2D eigenvalue weighted by atomic mass is 16.5. The van der Waals surface area contributed by atoms with Crippen molar-refractivity contribution in [1.82, 2.24) is 10.6 Å². The van der Waals surface area contributed by atoms with Gasteiger partial charge in [-0.1, -0.05) is 38.1 Å². The highest BCUT2D eigenvalue weighted by molar-refractivity contribution is 5.96. The molecule has 0 radical (unpaired) electrons. The predicted molar refractivity (Wildman–Crippen MR) is 111 cm³/mol. The van der Waals surface area contributed by atoms with E-state index in [1.165, 1.54) is 0 Å². The molecular weight excluding hydrogens is 370 g/mol. The summed E-state index contributed by atoms with van der Waals surface area (Å²) < 4.78 is 5.72. The Morgan fingerprint density at radius 3 is 2.34 bits per heavy atom. The zero-order chi connectivity index (χ0) is 21.4. The normalized spacial score (nSPS) is 10.5. The SMILES string of the molecule is Cc1ccc(C(C)C)c(OCC(=O)NCc2ccc(C(=O)NCC(N)=O)cc2)c1. The number of nitrogens with two attached hydrogens (primary N) is 1. The van der Waals surface area contributed by atoms with Crippen LogP contribution >= 0.6 is 0 Å². The van der Waals surface area contributed by atoms with Gasteiger partial charge in [-0.2, -0.15) is 0 Å². The molecule has 0 aliphatic carbocycles. The van der Waals surface area contributed by atoms with E-state index in [9.17, 15) is 14.4 Å². The molecule has 29 heavy (non-hydrogen) atoms. The zero-order valence-electron chi connectivity index (χ0n) is 17.0. The Labute approximate surface area is 170 Å². The largest absolute Gasteiger partial charge is 0.483 e. The number of ether oxygens (including phenoxy) is 1. The molecule has 3 amide bonds. The Hall–Kier alpha value is -3.35. The van der Waals surface area contributed by atoms with Crippen molar-refractivity contribution in [2.75, 3.05) is 13.2 Å². The van der Waals surface area contributed by atoms with Crippen LogP contribution in [0.3, 0.4) is 0 Å². The van der Waals surface area contributed by atoms with Crippen molar-refractivity contribution in [3.05, 3.63) is 64.7 Å². The van der Waals surface area contributed by atoms with E-state index in [0.717, 1.165) is 22.4 Å². The van der Waals surface area contributed by atoms with Gasteiger partial charge in [-0.15, -0.1) is 0 Å². The van der Waals surface area contributed by atoms with Crippen LogP contribution in [0, 0.1) is 6.92 Å². The molecule has 0 unspecified atom stereocenters. The van der Waals surface area contributed by atoms with Crippen LogP contribution in [-0.4, -0.2) is 30.9 Å². The van der Waals surface area contributed by atoms with Gasteiger partial charge in [0.25, 0.3) is 11.8 Å². The van der Waals surface area contributed by atoms with Gasteiger partial charge in [0.05, 0.1) is 6.54 Å². The minimum Gasteiger partial charge on any atom is -0.483 e. The maximum absolute atomic E-state index is 12.1. The Kier molecular flexibility index (Phi) is 7.77. The lowest BCUT2D eigenvalue weighted by Crippen LogP contribution is -2.33. The van der Waals surface area contributed by atoms with Crippen LogP contribution in [0.5, 0.6) is 5.75 Å². The first-order chi connectivity index (χ1) is 13.8. The molecule has 0 atom stereocenters. The maximum atomic E-state index is 12.1. The number of amides is 3. The summed E-state index contributed by atoms with van der Waals surface area (Å²) in [5.41, 5.74) is 8.38. The lowest BCUT2D eigenvalue weighted by atomic mass is 10.0. The molecule has 0 spiro atoms. The fraction of sp³-hybridized carbons (Fsp3) is 0.318. The van der Waals surface area contributed by atoms with Crippen molar-refractivity contribution >= 4 is 17.7 Å². The lowest BCUT2D eigenvalue weighted by Gasteiger charge is -2.15. The van der Waals surface area contributed by atoms with Crippen molar-refractivity contribution in [2.45, 2.75) is 33.2 Å². The molecule has 7 heteroatoms. The van der Waals surface area contributed by atoms with E-state index in [4.69, 9.17) is 10.5 Å². The number of rotatable bonds is 9. The third kappa shape index (κ3) is 6.95. The van der Waals surface area contributed by atoms with Crippen LogP contribution in [0.2, 0.25) is 0 Å². The molecule has 154 valence electrons. The molecular formula is C22H27N3O4. The molecule has 0 aliphatic heterocycles. The summed E-state index contributed by atoms with van der Waals surface area (Å²) >= 11 is 0. The summed E-state index contributed by atoms with van der Waals surface area (Å²) in [6.45, 7) is 6.17. The van der Waals surface area contributed by atoms with Crippen LogP contribution in [0.15, 0.2) is 42.5 Å². The molecule has 0 saturated carbocycles. The number of carbonyl (C=O) groups excluding carboxylic acids is 3. The van der Waals surface area contributed by atoms with Gasteiger partial charge in [-0.3, -0.25) is 14.4 Å². The van der Waals surface area contributed by atoms with E-state index in [2.05, 4.69) is 24.5 Å². The molecule has 7 nitrogen and oxygen atoms in total. The van der Waals surface area contributed by atoms with Crippen molar-refractivity contribution in [1.29, 1.82) is 0 Å². The summed E-state index contributed by atoms with van der Waals surface area (Å²) in [4.78, 5) is 34.7. The van der Waals surface area contributed by atoms with Crippen LogP contribution in [-0.2, 0) is 16.1 Å².